The van der Waals surface area contributed by atoms with Crippen molar-refractivity contribution in [3.63, 3.8) is 0 Å². The lowest BCUT2D eigenvalue weighted by molar-refractivity contribution is 0.0913. The molecule has 0 saturated carbocycles. The highest BCUT2D eigenvalue weighted by Gasteiger charge is 2.03. The lowest BCUT2D eigenvalue weighted by Crippen LogP contribution is -2.13. The van der Waals surface area contributed by atoms with Gasteiger partial charge in [-0.2, -0.15) is 0 Å². The first-order chi connectivity index (χ1) is 8.63. The van der Waals surface area contributed by atoms with Crippen molar-refractivity contribution in [1.29, 1.82) is 0 Å². The highest BCUT2D eigenvalue weighted by molar-refractivity contribution is 5.17. The molecule has 0 radical (unpaired) electrons. The third-order valence-corrected chi connectivity index (χ3v) is 2.33. The van der Waals surface area contributed by atoms with Crippen molar-refractivity contribution >= 4 is 0 Å². The molecule has 5 nitrogen and oxygen atoms in total. The Morgan fingerprint density at radius 2 is 2.11 bits per heavy atom. The molecule has 0 bridgehead atoms. The van der Waals surface area contributed by atoms with Crippen LogP contribution >= 0.6 is 0 Å². The molecule has 0 aliphatic carbocycles. The van der Waals surface area contributed by atoms with Crippen molar-refractivity contribution < 1.29 is 19.0 Å². The molecule has 0 amide bonds. The number of ether oxygens (including phenoxy) is 2. The molecule has 0 aliphatic heterocycles. The smallest absolute Gasteiger partial charge is 0.227 e. The molecule has 1 rings (SSSR count). The van der Waals surface area contributed by atoms with Gasteiger partial charge in [0.15, 0.2) is 0 Å². The van der Waals surface area contributed by atoms with Crippen molar-refractivity contribution in [1.82, 2.24) is 0 Å². The molecule has 18 heavy (non-hydrogen) atoms. The fourth-order valence-corrected chi connectivity index (χ4v) is 1.26. The van der Waals surface area contributed by atoms with Gasteiger partial charge < -0.3 is 19.0 Å². The van der Waals surface area contributed by atoms with E-state index in [2.05, 4.69) is 13.8 Å². The number of rotatable bonds is 8. The van der Waals surface area contributed by atoms with Gasteiger partial charge in [-0.05, 0) is 12.3 Å². The van der Waals surface area contributed by atoms with Crippen LogP contribution in [0.5, 0.6) is 5.75 Å². The van der Waals surface area contributed by atoms with Crippen LogP contribution in [0, 0.1) is 5.92 Å². The molecule has 0 spiro atoms. The molecular formula is C13H20O5. The second kappa shape index (κ2) is 7.89. The summed E-state index contributed by atoms with van der Waals surface area (Å²) in [5.74, 6) is 0.976. The molecular weight excluding hydrogens is 236 g/mol. The van der Waals surface area contributed by atoms with Crippen LogP contribution in [-0.2, 0) is 11.3 Å². The van der Waals surface area contributed by atoms with Crippen molar-refractivity contribution in [2.24, 2.45) is 5.92 Å². The molecule has 0 aliphatic rings. The fraction of sp³-hybridized carbons (Fsp3) is 0.615. The number of aliphatic hydroxyl groups is 1. The van der Waals surface area contributed by atoms with E-state index in [4.69, 9.17) is 19.0 Å². The quantitative estimate of drug-likeness (QED) is 0.715. The first-order valence-electron chi connectivity index (χ1n) is 6.06. The van der Waals surface area contributed by atoms with Gasteiger partial charge in [0.2, 0.25) is 11.2 Å². The standard InChI is InChI=1S/C13H20O5/c1-10(2)3-4-16-5-6-17-13-9-18-11(8-14)7-12(13)15/h7,9-10,14H,3-6,8H2,1-2H3. The van der Waals surface area contributed by atoms with Crippen LogP contribution in [0.3, 0.4) is 0 Å². The average Bonchev–Trinajstić information content (AvgIpc) is 2.34. The zero-order chi connectivity index (χ0) is 13.4. The highest BCUT2D eigenvalue weighted by atomic mass is 16.5. The zero-order valence-corrected chi connectivity index (χ0v) is 10.8. The SMILES string of the molecule is CC(C)CCOCCOc1coc(CO)cc1=O. The van der Waals surface area contributed by atoms with Gasteiger partial charge in [0.1, 0.15) is 25.2 Å². The first kappa shape index (κ1) is 14.7. The van der Waals surface area contributed by atoms with Gasteiger partial charge in [0.25, 0.3) is 0 Å². The summed E-state index contributed by atoms with van der Waals surface area (Å²) in [4.78, 5) is 11.5. The second-order valence-electron chi connectivity index (χ2n) is 4.38. The van der Waals surface area contributed by atoms with Gasteiger partial charge in [0.05, 0.1) is 6.61 Å². The number of hydrogen-bond acceptors (Lipinski definition) is 5. The van der Waals surface area contributed by atoms with E-state index < -0.39 is 0 Å². The Bertz CT molecular complexity index is 397. The summed E-state index contributed by atoms with van der Waals surface area (Å²) in [6.45, 7) is 5.41. The maximum Gasteiger partial charge on any atom is 0.227 e. The molecule has 1 aromatic heterocycles. The van der Waals surface area contributed by atoms with Crippen LogP contribution in [0.25, 0.3) is 0 Å². The summed E-state index contributed by atoms with van der Waals surface area (Å²) >= 11 is 0. The van der Waals surface area contributed by atoms with Crippen LogP contribution in [-0.4, -0.2) is 24.9 Å². The monoisotopic (exact) mass is 256 g/mol. The van der Waals surface area contributed by atoms with E-state index in [9.17, 15) is 4.79 Å². The van der Waals surface area contributed by atoms with Gasteiger partial charge in [-0.3, -0.25) is 4.79 Å². The molecule has 1 aromatic rings. The summed E-state index contributed by atoms with van der Waals surface area (Å²) in [5.41, 5.74) is -0.299. The molecule has 0 unspecified atom stereocenters. The molecule has 0 aromatic carbocycles. The minimum atomic E-state index is -0.299. The number of hydrogen-bond donors (Lipinski definition) is 1. The van der Waals surface area contributed by atoms with Crippen LogP contribution in [0.15, 0.2) is 21.5 Å². The average molecular weight is 256 g/mol. The minimum absolute atomic E-state index is 0.139. The van der Waals surface area contributed by atoms with Gasteiger partial charge >= 0.3 is 0 Å². The summed E-state index contributed by atoms with van der Waals surface area (Å²) in [6.07, 6.45) is 2.22. The Kier molecular flexibility index (Phi) is 6.46. The Morgan fingerprint density at radius 3 is 2.72 bits per heavy atom. The Hall–Kier alpha value is -1.33. The van der Waals surface area contributed by atoms with Crippen molar-refractivity contribution in [3.05, 3.63) is 28.3 Å². The summed E-state index contributed by atoms with van der Waals surface area (Å²) in [7, 11) is 0. The van der Waals surface area contributed by atoms with E-state index in [1.165, 1.54) is 12.3 Å². The van der Waals surface area contributed by atoms with Crippen molar-refractivity contribution in [2.75, 3.05) is 19.8 Å². The largest absolute Gasteiger partial charge is 0.484 e. The Labute approximate surface area is 106 Å². The van der Waals surface area contributed by atoms with Gasteiger partial charge in [-0.15, -0.1) is 0 Å². The zero-order valence-electron chi connectivity index (χ0n) is 10.8. The Balaban J connectivity index is 2.25. The minimum Gasteiger partial charge on any atom is -0.484 e. The molecule has 102 valence electrons. The molecule has 0 atom stereocenters. The van der Waals surface area contributed by atoms with Crippen LogP contribution < -0.4 is 10.2 Å². The van der Waals surface area contributed by atoms with Crippen molar-refractivity contribution in [2.45, 2.75) is 26.9 Å². The summed E-state index contributed by atoms with van der Waals surface area (Å²) < 4.78 is 15.6. The molecule has 1 heterocycles. The molecule has 1 N–H and O–H groups in total. The summed E-state index contributed by atoms with van der Waals surface area (Å²) in [5, 5.41) is 8.78. The summed E-state index contributed by atoms with van der Waals surface area (Å²) in [6, 6.07) is 1.22. The highest BCUT2D eigenvalue weighted by Crippen LogP contribution is 2.05. The van der Waals surface area contributed by atoms with E-state index >= 15 is 0 Å². The van der Waals surface area contributed by atoms with Crippen LogP contribution in [0.1, 0.15) is 26.0 Å². The fourth-order valence-electron chi connectivity index (χ4n) is 1.26. The lowest BCUT2D eigenvalue weighted by atomic mass is 10.1. The maximum atomic E-state index is 11.5. The van der Waals surface area contributed by atoms with Crippen LogP contribution in [0.2, 0.25) is 0 Å². The van der Waals surface area contributed by atoms with Crippen molar-refractivity contribution in [3.8, 4) is 5.75 Å². The van der Waals surface area contributed by atoms with E-state index in [-0.39, 0.29) is 23.5 Å². The van der Waals surface area contributed by atoms with Gasteiger partial charge in [0, 0.05) is 12.7 Å². The normalized spacial score (nSPS) is 10.9. The molecule has 0 fully saturated rings. The van der Waals surface area contributed by atoms with E-state index in [1.807, 2.05) is 0 Å². The molecule has 5 heteroatoms. The second-order valence-corrected chi connectivity index (χ2v) is 4.38. The lowest BCUT2D eigenvalue weighted by Gasteiger charge is -2.07. The van der Waals surface area contributed by atoms with E-state index in [0.717, 1.165) is 6.42 Å². The Morgan fingerprint density at radius 1 is 1.33 bits per heavy atom. The van der Waals surface area contributed by atoms with Gasteiger partial charge in [-0.1, -0.05) is 13.8 Å². The third kappa shape index (κ3) is 5.33. The molecule has 0 saturated heterocycles. The topological polar surface area (TPSA) is 68.9 Å². The van der Waals surface area contributed by atoms with E-state index in [1.54, 1.807) is 0 Å². The van der Waals surface area contributed by atoms with Crippen LogP contribution in [0.4, 0.5) is 0 Å². The first-order valence-corrected chi connectivity index (χ1v) is 6.06. The number of aliphatic hydroxyl groups excluding tert-OH is 1. The maximum absolute atomic E-state index is 11.5. The third-order valence-electron chi connectivity index (χ3n) is 2.33. The predicted octanol–water partition coefficient (Wildman–Crippen LogP) is 1.57. The predicted molar refractivity (Wildman–Crippen MR) is 66.7 cm³/mol. The van der Waals surface area contributed by atoms with E-state index in [0.29, 0.717) is 25.7 Å². The van der Waals surface area contributed by atoms with Gasteiger partial charge in [-0.25, -0.2) is 0 Å².